The molecule has 0 saturated heterocycles. The highest BCUT2D eigenvalue weighted by Gasteiger charge is 2.37. The molecule has 0 radical (unpaired) electrons. The molecule has 16 heavy (non-hydrogen) atoms. The van der Waals surface area contributed by atoms with Gasteiger partial charge in [0, 0.05) is 23.8 Å². The lowest BCUT2D eigenvalue weighted by Crippen LogP contribution is -2.30. The summed E-state index contributed by atoms with van der Waals surface area (Å²) in [5, 5.41) is 3.25. The van der Waals surface area contributed by atoms with Crippen LogP contribution in [0.3, 0.4) is 0 Å². The van der Waals surface area contributed by atoms with Crippen molar-refractivity contribution in [2.24, 2.45) is 5.73 Å². The molecule has 1 aliphatic carbocycles. The number of benzene rings is 1. The van der Waals surface area contributed by atoms with Gasteiger partial charge in [0.2, 0.25) is 0 Å². The van der Waals surface area contributed by atoms with Gasteiger partial charge in [-0.25, -0.2) is 4.79 Å². The van der Waals surface area contributed by atoms with E-state index in [0.29, 0.717) is 11.1 Å². The molecule has 4 N–H and O–H groups in total. The number of aromatic nitrogens is 1. The molecule has 5 nitrogen and oxygen atoms in total. The van der Waals surface area contributed by atoms with Crippen LogP contribution in [0.5, 0.6) is 0 Å². The zero-order valence-electron chi connectivity index (χ0n) is 8.75. The fourth-order valence-electron chi connectivity index (χ4n) is 1.67. The summed E-state index contributed by atoms with van der Waals surface area (Å²) in [6.07, 6.45) is 2.14. The number of hydrogen-bond donors (Lipinski definition) is 3. The third-order valence-corrected chi connectivity index (χ3v) is 2.96. The van der Waals surface area contributed by atoms with Crippen LogP contribution in [0.2, 0.25) is 0 Å². The van der Waals surface area contributed by atoms with Crippen LogP contribution in [0.15, 0.2) is 27.4 Å². The fourth-order valence-corrected chi connectivity index (χ4v) is 1.67. The van der Waals surface area contributed by atoms with Crippen molar-refractivity contribution < 1.29 is 4.42 Å². The average Bonchev–Trinajstić information content (AvgIpc) is 2.87. The van der Waals surface area contributed by atoms with Gasteiger partial charge in [0.05, 0.1) is 5.52 Å². The van der Waals surface area contributed by atoms with E-state index >= 15 is 0 Å². The number of aromatic amines is 1. The summed E-state index contributed by atoms with van der Waals surface area (Å²) in [4.78, 5) is 13.6. The van der Waals surface area contributed by atoms with Crippen LogP contribution < -0.4 is 16.8 Å². The SMILES string of the molecule is NC1(CNc2ccc3[nH]c(=O)oc3c2)CC1. The summed E-state index contributed by atoms with van der Waals surface area (Å²) in [6.45, 7) is 0.757. The maximum absolute atomic E-state index is 11.0. The Bertz CT molecular complexity index is 580. The van der Waals surface area contributed by atoms with Crippen molar-refractivity contribution in [1.82, 2.24) is 4.98 Å². The molecule has 2 aromatic rings. The summed E-state index contributed by atoms with van der Waals surface area (Å²) in [5.41, 5.74) is 8.14. The molecule has 0 bridgehead atoms. The van der Waals surface area contributed by atoms with E-state index in [9.17, 15) is 4.79 Å². The molecule has 1 heterocycles. The number of anilines is 1. The van der Waals surface area contributed by atoms with Crippen molar-refractivity contribution >= 4 is 16.8 Å². The standard InChI is InChI=1S/C11H13N3O2/c12-11(3-4-11)6-13-7-1-2-8-9(5-7)16-10(15)14-8/h1-2,5,13H,3-4,6,12H2,(H,14,15). The molecule has 1 aromatic heterocycles. The summed E-state index contributed by atoms with van der Waals surface area (Å²) >= 11 is 0. The topological polar surface area (TPSA) is 84.0 Å². The summed E-state index contributed by atoms with van der Waals surface area (Å²) < 4.78 is 4.97. The number of oxazole rings is 1. The second-order valence-corrected chi connectivity index (χ2v) is 4.44. The summed E-state index contributed by atoms with van der Waals surface area (Å²) in [5.74, 6) is -0.426. The Hall–Kier alpha value is -1.75. The highest BCUT2D eigenvalue weighted by atomic mass is 16.4. The molecule has 0 aliphatic heterocycles. The maximum Gasteiger partial charge on any atom is 0.417 e. The van der Waals surface area contributed by atoms with E-state index in [4.69, 9.17) is 10.2 Å². The van der Waals surface area contributed by atoms with Crippen molar-refractivity contribution in [2.45, 2.75) is 18.4 Å². The number of rotatable bonds is 3. The van der Waals surface area contributed by atoms with Gasteiger partial charge < -0.3 is 15.5 Å². The minimum absolute atomic E-state index is 0.0338. The molecule has 0 amide bonds. The molecular formula is C11H13N3O2. The van der Waals surface area contributed by atoms with E-state index in [1.165, 1.54) is 0 Å². The number of fused-ring (bicyclic) bond motifs is 1. The molecule has 3 rings (SSSR count). The predicted molar refractivity (Wildman–Crippen MR) is 61.5 cm³/mol. The van der Waals surface area contributed by atoms with E-state index in [2.05, 4.69) is 10.3 Å². The maximum atomic E-state index is 11.0. The third kappa shape index (κ3) is 1.69. The fraction of sp³-hybridized carbons (Fsp3) is 0.364. The average molecular weight is 219 g/mol. The van der Waals surface area contributed by atoms with Crippen LogP contribution in [0.25, 0.3) is 11.1 Å². The molecule has 1 saturated carbocycles. The molecule has 1 aliphatic rings. The van der Waals surface area contributed by atoms with Crippen molar-refractivity contribution in [3.63, 3.8) is 0 Å². The number of hydrogen-bond acceptors (Lipinski definition) is 4. The number of nitrogens with two attached hydrogens (primary N) is 1. The molecular weight excluding hydrogens is 206 g/mol. The Kier molecular flexibility index (Phi) is 1.85. The molecule has 84 valence electrons. The predicted octanol–water partition coefficient (Wildman–Crippen LogP) is 1.02. The lowest BCUT2D eigenvalue weighted by Gasteiger charge is -2.10. The number of H-pyrrole nitrogens is 1. The minimum atomic E-state index is -0.426. The normalized spacial score (nSPS) is 17.6. The van der Waals surface area contributed by atoms with Crippen LogP contribution in [0, 0.1) is 0 Å². The summed E-state index contributed by atoms with van der Waals surface area (Å²) in [7, 11) is 0. The van der Waals surface area contributed by atoms with Crippen LogP contribution in [-0.4, -0.2) is 17.1 Å². The molecule has 1 aromatic carbocycles. The first-order chi connectivity index (χ1) is 7.65. The Balaban J connectivity index is 1.84. The highest BCUT2D eigenvalue weighted by Crippen LogP contribution is 2.32. The van der Waals surface area contributed by atoms with Gasteiger partial charge in [0.15, 0.2) is 5.58 Å². The zero-order chi connectivity index (χ0) is 11.2. The Morgan fingerprint density at radius 1 is 1.50 bits per heavy atom. The minimum Gasteiger partial charge on any atom is -0.408 e. The molecule has 0 unspecified atom stereocenters. The second-order valence-electron chi connectivity index (χ2n) is 4.44. The lowest BCUT2D eigenvalue weighted by atomic mass is 10.2. The van der Waals surface area contributed by atoms with Gasteiger partial charge in [-0.3, -0.25) is 4.98 Å². The highest BCUT2D eigenvalue weighted by molar-refractivity contribution is 5.76. The Morgan fingerprint density at radius 3 is 3.06 bits per heavy atom. The van der Waals surface area contributed by atoms with Crippen molar-refractivity contribution in [2.75, 3.05) is 11.9 Å². The van der Waals surface area contributed by atoms with Gasteiger partial charge in [0.1, 0.15) is 0 Å². The summed E-state index contributed by atoms with van der Waals surface area (Å²) in [6, 6.07) is 5.52. The lowest BCUT2D eigenvalue weighted by molar-refractivity contribution is 0.555. The smallest absolute Gasteiger partial charge is 0.408 e. The molecule has 0 spiro atoms. The van der Waals surface area contributed by atoms with Crippen molar-refractivity contribution in [3.8, 4) is 0 Å². The van der Waals surface area contributed by atoms with Gasteiger partial charge in [-0.05, 0) is 25.0 Å². The first-order valence-electron chi connectivity index (χ1n) is 5.30. The largest absolute Gasteiger partial charge is 0.417 e. The van der Waals surface area contributed by atoms with E-state index in [1.807, 2.05) is 12.1 Å². The van der Waals surface area contributed by atoms with Crippen LogP contribution in [-0.2, 0) is 0 Å². The first kappa shape index (κ1) is 9.47. The van der Waals surface area contributed by atoms with Gasteiger partial charge >= 0.3 is 5.76 Å². The Morgan fingerprint density at radius 2 is 2.31 bits per heavy atom. The number of nitrogens with one attached hydrogen (secondary N) is 2. The van der Waals surface area contributed by atoms with Crippen molar-refractivity contribution in [1.29, 1.82) is 0 Å². The van der Waals surface area contributed by atoms with Crippen LogP contribution in [0.1, 0.15) is 12.8 Å². The monoisotopic (exact) mass is 219 g/mol. The Labute approximate surface area is 91.6 Å². The van der Waals surface area contributed by atoms with Crippen LogP contribution in [0.4, 0.5) is 5.69 Å². The van der Waals surface area contributed by atoms with E-state index in [0.717, 1.165) is 25.1 Å². The van der Waals surface area contributed by atoms with Gasteiger partial charge in [-0.2, -0.15) is 0 Å². The molecule has 5 heteroatoms. The van der Waals surface area contributed by atoms with Crippen LogP contribution >= 0.6 is 0 Å². The van der Waals surface area contributed by atoms with Crippen molar-refractivity contribution in [3.05, 3.63) is 28.7 Å². The van der Waals surface area contributed by atoms with E-state index < -0.39 is 5.76 Å². The molecule has 0 atom stereocenters. The first-order valence-corrected chi connectivity index (χ1v) is 5.30. The quantitative estimate of drug-likeness (QED) is 0.719. The zero-order valence-corrected chi connectivity index (χ0v) is 8.75. The molecule has 1 fully saturated rings. The van der Waals surface area contributed by atoms with Gasteiger partial charge in [-0.15, -0.1) is 0 Å². The van der Waals surface area contributed by atoms with Gasteiger partial charge in [0.25, 0.3) is 0 Å². The second kappa shape index (κ2) is 3.12. The van der Waals surface area contributed by atoms with E-state index in [-0.39, 0.29) is 5.54 Å². The van der Waals surface area contributed by atoms with Gasteiger partial charge in [-0.1, -0.05) is 0 Å². The third-order valence-electron chi connectivity index (χ3n) is 2.96. The van der Waals surface area contributed by atoms with E-state index in [1.54, 1.807) is 6.07 Å².